The minimum Gasteiger partial charge on any atom is -0.326 e. The first-order valence-corrected chi connectivity index (χ1v) is 9.48. The van der Waals surface area contributed by atoms with Gasteiger partial charge < -0.3 is 10.6 Å². The smallest absolute Gasteiger partial charge is 0.276 e. The van der Waals surface area contributed by atoms with Crippen molar-refractivity contribution in [1.82, 2.24) is 9.78 Å². The first kappa shape index (κ1) is 19.1. The molecule has 6 heteroatoms. The van der Waals surface area contributed by atoms with Gasteiger partial charge in [-0.25, -0.2) is 0 Å². The monoisotopic (exact) mass is 368 g/mol. The molecule has 0 spiro atoms. The molecular formula is C21H28N4O2. The summed E-state index contributed by atoms with van der Waals surface area (Å²) in [5.41, 5.74) is 2.53. The molecule has 1 heterocycles. The lowest BCUT2D eigenvalue weighted by Crippen LogP contribution is -2.26. The van der Waals surface area contributed by atoms with Crippen molar-refractivity contribution in [3.63, 3.8) is 0 Å². The summed E-state index contributed by atoms with van der Waals surface area (Å²) in [5, 5.41) is 10.3. The second-order valence-electron chi connectivity index (χ2n) is 8.49. The number of aromatic nitrogens is 2. The Bertz CT molecular complexity index is 857. The second-order valence-corrected chi connectivity index (χ2v) is 8.49. The van der Waals surface area contributed by atoms with Gasteiger partial charge in [-0.3, -0.25) is 14.3 Å². The fraction of sp³-hybridized carbons (Fsp3) is 0.476. The number of hydrogen-bond donors (Lipinski definition) is 2. The van der Waals surface area contributed by atoms with Crippen molar-refractivity contribution in [2.24, 2.45) is 5.92 Å². The number of anilines is 2. The maximum absolute atomic E-state index is 12.7. The topological polar surface area (TPSA) is 76.0 Å². The van der Waals surface area contributed by atoms with E-state index in [9.17, 15) is 9.59 Å². The molecule has 0 radical (unpaired) electrons. The Labute approximate surface area is 160 Å². The molecule has 1 aromatic heterocycles. The highest BCUT2D eigenvalue weighted by Crippen LogP contribution is 2.30. The molecule has 27 heavy (non-hydrogen) atoms. The minimum atomic E-state index is -0.259. The van der Waals surface area contributed by atoms with Crippen molar-refractivity contribution in [1.29, 1.82) is 0 Å². The van der Waals surface area contributed by atoms with E-state index < -0.39 is 0 Å². The van der Waals surface area contributed by atoms with E-state index in [0.717, 1.165) is 18.5 Å². The maximum atomic E-state index is 12.7. The number of nitrogens with one attached hydrogen (secondary N) is 2. The van der Waals surface area contributed by atoms with Crippen LogP contribution in [0.3, 0.4) is 0 Å². The molecule has 1 fully saturated rings. The van der Waals surface area contributed by atoms with E-state index in [1.54, 1.807) is 12.1 Å². The van der Waals surface area contributed by atoms with Crippen molar-refractivity contribution in [3.8, 4) is 0 Å². The van der Waals surface area contributed by atoms with E-state index in [1.165, 1.54) is 0 Å². The lowest BCUT2D eigenvalue weighted by atomic mass is 10.1. The largest absolute Gasteiger partial charge is 0.326 e. The third-order valence-corrected chi connectivity index (χ3v) is 4.53. The summed E-state index contributed by atoms with van der Waals surface area (Å²) in [6.07, 6.45) is 1.91. The average Bonchev–Trinajstić information content (AvgIpc) is 3.31. The predicted molar refractivity (Wildman–Crippen MR) is 107 cm³/mol. The van der Waals surface area contributed by atoms with Crippen molar-refractivity contribution in [3.05, 3.63) is 41.7 Å². The van der Waals surface area contributed by atoms with Crippen LogP contribution in [0.15, 0.2) is 30.3 Å². The Morgan fingerprint density at radius 2 is 1.74 bits per heavy atom. The summed E-state index contributed by atoms with van der Waals surface area (Å²) in [4.78, 5) is 24.6. The zero-order valence-electron chi connectivity index (χ0n) is 16.7. The van der Waals surface area contributed by atoms with Crippen molar-refractivity contribution in [2.75, 3.05) is 10.6 Å². The van der Waals surface area contributed by atoms with Crippen molar-refractivity contribution >= 4 is 23.2 Å². The van der Waals surface area contributed by atoms with Gasteiger partial charge in [0.15, 0.2) is 5.69 Å². The quantitative estimate of drug-likeness (QED) is 0.823. The fourth-order valence-electron chi connectivity index (χ4n) is 2.91. The second kappa shape index (κ2) is 7.18. The van der Waals surface area contributed by atoms with E-state index in [1.807, 2.05) is 22.9 Å². The Morgan fingerprint density at radius 3 is 2.26 bits per heavy atom. The molecule has 3 rings (SSSR count). The van der Waals surface area contributed by atoms with Crippen molar-refractivity contribution in [2.45, 2.75) is 58.9 Å². The highest BCUT2D eigenvalue weighted by Gasteiger charge is 2.29. The molecule has 2 aromatic rings. The Kier molecular flexibility index (Phi) is 5.09. The number of rotatable bonds is 5. The first-order chi connectivity index (χ1) is 12.6. The van der Waals surface area contributed by atoms with E-state index >= 15 is 0 Å². The van der Waals surface area contributed by atoms with E-state index in [-0.39, 0.29) is 29.2 Å². The molecule has 2 amide bonds. The Morgan fingerprint density at radius 1 is 1.11 bits per heavy atom. The third-order valence-electron chi connectivity index (χ3n) is 4.53. The van der Waals surface area contributed by atoms with E-state index in [2.05, 4.69) is 50.4 Å². The molecule has 0 atom stereocenters. The van der Waals surface area contributed by atoms with Gasteiger partial charge in [-0.15, -0.1) is 0 Å². The fourth-order valence-corrected chi connectivity index (χ4v) is 2.91. The zero-order valence-corrected chi connectivity index (χ0v) is 16.7. The predicted octanol–water partition coefficient (Wildman–Crippen LogP) is 4.36. The molecule has 1 saturated carbocycles. The highest BCUT2D eigenvalue weighted by molar-refractivity contribution is 6.03. The maximum Gasteiger partial charge on any atom is 0.276 e. The summed E-state index contributed by atoms with van der Waals surface area (Å²) >= 11 is 0. The third kappa shape index (κ3) is 4.56. The average molecular weight is 368 g/mol. The first-order valence-electron chi connectivity index (χ1n) is 9.48. The van der Waals surface area contributed by atoms with Gasteiger partial charge in [-0.1, -0.05) is 19.9 Å². The van der Waals surface area contributed by atoms with Crippen LogP contribution < -0.4 is 10.6 Å². The van der Waals surface area contributed by atoms with Gasteiger partial charge in [-0.2, -0.15) is 5.10 Å². The number of carbonyl (C=O) groups excluding carboxylic acids is 2. The normalized spacial score (nSPS) is 14.3. The molecule has 0 aliphatic heterocycles. The number of amides is 2. The van der Waals surface area contributed by atoms with E-state index in [0.29, 0.717) is 17.1 Å². The van der Waals surface area contributed by atoms with Gasteiger partial charge in [0.05, 0.1) is 5.54 Å². The standard InChI is InChI=1S/C21H28N4O2/c1-13(2)18-12-17(24-25(18)21(3,4)5)20(27)23-16-8-6-7-15(11-16)22-19(26)14-9-10-14/h6-8,11-14H,9-10H2,1-5H3,(H,22,26)(H,23,27). The van der Waals surface area contributed by atoms with Crippen LogP contribution in [0.2, 0.25) is 0 Å². The van der Waals surface area contributed by atoms with Crippen LogP contribution in [0, 0.1) is 5.92 Å². The molecular weight excluding hydrogens is 340 g/mol. The number of benzene rings is 1. The molecule has 1 aromatic carbocycles. The summed E-state index contributed by atoms with van der Waals surface area (Å²) in [6.45, 7) is 10.4. The minimum absolute atomic E-state index is 0.0453. The van der Waals surface area contributed by atoms with Gasteiger partial charge >= 0.3 is 0 Å². The van der Waals surface area contributed by atoms with Crippen LogP contribution in [0.25, 0.3) is 0 Å². The Balaban J connectivity index is 1.76. The van der Waals surface area contributed by atoms with Gasteiger partial charge in [0, 0.05) is 23.0 Å². The van der Waals surface area contributed by atoms with Crippen LogP contribution in [0.5, 0.6) is 0 Å². The molecule has 1 aliphatic rings. The molecule has 0 saturated heterocycles. The van der Waals surface area contributed by atoms with E-state index in [4.69, 9.17) is 0 Å². The zero-order chi connectivity index (χ0) is 19.8. The van der Waals surface area contributed by atoms with Crippen LogP contribution in [-0.4, -0.2) is 21.6 Å². The number of carbonyl (C=O) groups is 2. The van der Waals surface area contributed by atoms with Crippen LogP contribution in [0.1, 0.15) is 69.6 Å². The summed E-state index contributed by atoms with van der Waals surface area (Å²) < 4.78 is 1.92. The number of hydrogen-bond acceptors (Lipinski definition) is 3. The summed E-state index contributed by atoms with van der Waals surface area (Å²) in [5.74, 6) is 0.188. The van der Waals surface area contributed by atoms with Gasteiger partial charge in [-0.05, 0) is 63.8 Å². The highest BCUT2D eigenvalue weighted by atomic mass is 16.2. The van der Waals surface area contributed by atoms with Crippen molar-refractivity contribution < 1.29 is 9.59 Å². The molecule has 144 valence electrons. The molecule has 0 bridgehead atoms. The van der Waals surface area contributed by atoms with Crippen LogP contribution in [0.4, 0.5) is 11.4 Å². The molecule has 0 unspecified atom stereocenters. The lowest BCUT2D eigenvalue weighted by molar-refractivity contribution is -0.117. The summed E-state index contributed by atoms with van der Waals surface area (Å²) in [6, 6.07) is 9.05. The van der Waals surface area contributed by atoms with Gasteiger partial charge in [0.25, 0.3) is 5.91 Å². The summed E-state index contributed by atoms with van der Waals surface area (Å²) in [7, 11) is 0. The van der Waals surface area contributed by atoms with Crippen LogP contribution in [-0.2, 0) is 10.3 Å². The molecule has 1 aliphatic carbocycles. The van der Waals surface area contributed by atoms with Gasteiger partial charge in [0.2, 0.25) is 5.91 Å². The van der Waals surface area contributed by atoms with Crippen LogP contribution >= 0.6 is 0 Å². The van der Waals surface area contributed by atoms with Gasteiger partial charge in [0.1, 0.15) is 0 Å². The SMILES string of the molecule is CC(C)c1cc(C(=O)Nc2cccc(NC(=O)C3CC3)c2)nn1C(C)(C)C. The lowest BCUT2D eigenvalue weighted by Gasteiger charge is -2.23. The molecule has 6 nitrogen and oxygen atoms in total. The number of nitrogens with zero attached hydrogens (tertiary/aromatic N) is 2. The molecule has 2 N–H and O–H groups in total. The Hall–Kier alpha value is -2.63.